The van der Waals surface area contributed by atoms with Crippen LogP contribution in [0.5, 0.6) is 11.5 Å². The van der Waals surface area contributed by atoms with Gasteiger partial charge in [0.15, 0.2) is 0 Å². The zero-order valence-electron chi connectivity index (χ0n) is 17.3. The summed E-state index contributed by atoms with van der Waals surface area (Å²) in [6, 6.07) is 13.2. The van der Waals surface area contributed by atoms with Gasteiger partial charge in [-0.3, -0.25) is 4.79 Å². The third-order valence-corrected chi connectivity index (χ3v) is 5.01. The molecule has 1 N–H and O–H groups in total. The van der Waals surface area contributed by atoms with Gasteiger partial charge in [0.25, 0.3) is 0 Å². The number of benzene rings is 2. The number of ether oxygens (including phenoxy) is 2. The van der Waals surface area contributed by atoms with Crippen molar-refractivity contribution < 1.29 is 14.3 Å². The van der Waals surface area contributed by atoms with Crippen molar-refractivity contribution in [3.8, 4) is 11.5 Å². The van der Waals surface area contributed by atoms with E-state index in [1.54, 1.807) is 13.3 Å². The van der Waals surface area contributed by atoms with Gasteiger partial charge < -0.3 is 19.4 Å². The van der Waals surface area contributed by atoms with Crippen LogP contribution in [0.2, 0.25) is 0 Å². The molecule has 1 aromatic heterocycles. The molecule has 29 heavy (non-hydrogen) atoms. The largest absolute Gasteiger partial charge is 0.497 e. The van der Waals surface area contributed by atoms with E-state index in [2.05, 4.69) is 10.3 Å². The smallest absolute Gasteiger partial charge is 0.224 e. The minimum atomic E-state index is -0.353. The summed E-state index contributed by atoms with van der Waals surface area (Å²) >= 11 is 0. The van der Waals surface area contributed by atoms with Gasteiger partial charge in [0, 0.05) is 19.4 Å². The Kier molecular flexibility index (Phi) is 6.54. The molecule has 6 nitrogen and oxygen atoms in total. The third kappa shape index (κ3) is 4.96. The van der Waals surface area contributed by atoms with Crippen LogP contribution < -0.4 is 14.8 Å². The molecule has 1 amide bonds. The van der Waals surface area contributed by atoms with Gasteiger partial charge in [-0.15, -0.1) is 0 Å². The number of rotatable bonds is 8. The minimum Gasteiger partial charge on any atom is -0.497 e. The molecule has 0 aliphatic heterocycles. The fraction of sp³-hybridized carbons (Fsp3) is 0.304. The van der Waals surface area contributed by atoms with Crippen molar-refractivity contribution in [2.45, 2.75) is 26.3 Å². The fourth-order valence-electron chi connectivity index (χ4n) is 3.12. The van der Waals surface area contributed by atoms with Gasteiger partial charge in [0.1, 0.15) is 23.4 Å². The number of hydrogen-bond acceptors (Lipinski definition) is 4. The van der Waals surface area contributed by atoms with E-state index in [1.807, 2.05) is 74.1 Å². The lowest BCUT2D eigenvalue weighted by atomic mass is 10.1. The Morgan fingerprint density at radius 1 is 1.17 bits per heavy atom. The second-order valence-electron chi connectivity index (χ2n) is 6.97. The van der Waals surface area contributed by atoms with Crippen molar-refractivity contribution in [1.82, 2.24) is 14.9 Å². The molecular formula is C23H27N3O3. The van der Waals surface area contributed by atoms with E-state index in [-0.39, 0.29) is 18.4 Å². The Hall–Kier alpha value is -3.28. The molecule has 1 heterocycles. The normalized spacial score (nSPS) is 11.7. The van der Waals surface area contributed by atoms with Gasteiger partial charge in [-0.2, -0.15) is 0 Å². The maximum Gasteiger partial charge on any atom is 0.224 e. The summed E-state index contributed by atoms with van der Waals surface area (Å²) in [7, 11) is 3.54. The molecule has 0 fully saturated rings. The summed E-state index contributed by atoms with van der Waals surface area (Å²) in [4.78, 5) is 17.1. The number of methoxy groups -OCH3 is 1. The summed E-state index contributed by atoms with van der Waals surface area (Å²) in [6.07, 6.45) is 3.84. The van der Waals surface area contributed by atoms with E-state index < -0.39 is 0 Å². The average molecular weight is 393 g/mol. The highest BCUT2D eigenvalue weighted by atomic mass is 16.5. The van der Waals surface area contributed by atoms with Gasteiger partial charge in [-0.05, 0) is 48.7 Å². The van der Waals surface area contributed by atoms with Crippen LogP contribution in [0.3, 0.4) is 0 Å². The molecule has 3 aromatic rings. The maximum atomic E-state index is 12.6. The van der Waals surface area contributed by atoms with Crippen molar-refractivity contribution >= 4 is 5.91 Å². The second-order valence-corrected chi connectivity index (χ2v) is 6.97. The monoisotopic (exact) mass is 393 g/mol. The Morgan fingerprint density at radius 2 is 1.93 bits per heavy atom. The first-order valence-electron chi connectivity index (χ1n) is 9.59. The van der Waals surface area contributed by atoms with Crippen molar-refractivity contribution in [1.29, 1.82) is 0 Å². The van der Waals surface area contributed by atoms with Crippen LogP contribution in [-0.2, 0) is 11.8 Å². The highest BCUT2D eigenvalue weighted by molar-refractivity contribution is 5.77. The van der Waals surface area contributed by atoms with E-state index in [0.717, 1.165) is 28.5 Å². The van der Waals surface area contributed by atoms with Crippen molar-refractivity contribution in [3.05, 3.63) is 77.4 Å². The van der Waals surface area contributed by atoms with E-state index >= 15 is 0 Å². The summed E-state index contributed by atoms with van der Waals surface area (Å²) in [6.45, 7) is 4.37. The molecule has 2 aromatic carbocycles. The van der Waals surface area contributed by atoms with Crippen molar-refractivity contribution in [2.24, 2.45) is 7.05 Å². The zero-order valence-corrected chi connectivity index (χ0v) is 17.3. The van der Waals surface area contributed by atoms with Gasteiger partial charge >= 0.3 is 0 Å². The molecule has 0 spiro atoms. The molecule has 0 saturated carbocycles. The molecular weight excluding hydrogens is 366 g/mol. The number of carbonyl (C=O) groups is 1. The zero-order chi connectivity index (χ0) is 20.8. The fourth-order valence-corrected chi connectivity index (χ4v) is 3.12. The summed E-state index contributed by atoms with van der Waals surface area (Å²) in [5, 5.41) is 3.08. The first-order valence-corrected chi connectivity index (χ1v) is 9.59. The summed E-state index contributed by atoms with van der Waals surface area (Å²) in [5.41, 5.74) is 3.20. The predicted molar refractivity (Wildman–Crippen MR) is 112 cm³/mol. The molecule has 0 bridgehead atoms. The average Bonchev–Trinajstić information content (AvgIpc) is 3.15. The Morgan fingerprint density at radius 3 is 2.59 bits per heavy atom. The predicted octanol–water partition coefficient (Wildman–Crippen LogP) is 3.72. The van der Waals surface area contributed by atoms with E-state index in [9.17, 15) is 4.79 Å². The van der Waals surface area contributed by atoms with Gasteiger partial charge in [0.05, 0.1) is 20.1 Å². The number of amides is 1. The van der Waals surface area contributed by atoms with Gasteiger partial charge in [-0.1, -0.05) is 24.3 Å². The highest BCUT2D eigenvalue weighted by Crippen LogP contribution is 2.24. The molecule has 152 valence electrons. The first kappa shape index (κ1) is 20.5. The van der Waals surface area contributed by atoms with Crippen LogP contribution in [0, 0.1) is 13.8 Å². The van der Waals surface area contributed by atoms with Crippen molar-refractivity contribution in [3.63, 3.8) is 0 Å². The van der Waals surface area contributed by atoms with E-state index in [0.29, 0.717) is 6.61 Å². The first-order chi connectivity index (χ1) is 14.0. The number of imidazole rings is 1. The Balaban J connectivity index is 1.68. The van der Waals surface area contributed by atoms with Crippen LogP contribution in [0.25, 0.3) is 0 Å². The van der Waals surface area contributed by atoms with E-state index in [1.165, 1.54) is 5.56 Å². The lowest BCUT2D eigenvalue weighted by molar-refractivity contribution is -0.122. The molecule has 0 aliphatic carbocycles. The van der Waals surface area contributed by atoms with Crippen LogP contribution >= 0.6 is 0 Å². The van der Waals surface area contributed by atoms with Crippen LogP contribution in [0.4, 0.5) is 0 Å². The number of carbonyl (C=O) groups excluding carboxylic acids is 1. The molecule has 0 radical (unpaired) electrons. The minimum absolute atomic E-state index is 0.0980. The van der Waals surface area contributed by atoms with Crippen LogP contribution in [-0.4, -0.2) is 29.2 Å². The lowest BCUT2D eigenvalue weighted by Gasteiger charge is -2.20. The summed E-state index contributed by atoms with van der Waals surface area (Å²) in [5.74, 6) is 2.24. The van der Waals surface area contributed by atoms with Gasteiger partial charge in [0.2, 0.25) is 5.91 Å². The molecule has 6 heteroatoms. The standard InChI is InChI=1S/C23H27N3O3/c1-16-6-5-7-20(17(16)2)29-15-12-21(27)25-22(23-24-13-14-26(23)3)18-8-10-19(28-4)11-9-18/h5-11,13-14,22H,12,15H2,1-4H3,(H,25,27). The lowest BCUT2D eigenvalue weighted by Crippen LogP contribution is -2.32. The quantitative estimate of drug-likeness (QED) is 0.633. The van der Waals surface area contributed by atoms with Gasteiger partial charge in [-0.25, -0.2) is 4.98 Å². The Labute approximate surface area is 171 Å². The van der Waals surface area contributed by atoms with Crippen molar-refractivity contribution in [2.75, 3.05) is 13.7 Å². The molecule has 3 rings (SSSR count). The molecule has 1 unspecified atom stereocenters. The molecule has 0 aliphatic rings. The number of hydrogen-bond donors (Lipinski definition) is 1. The SMILES string of the molecule is COc1ccc(C(NC(=O)CCOc2cccc(C)c2C)c2nccn2C)cc1. The van der Waals surface area contributed by atoms with E-state index in [4.69, 9.17) is 9.47 Å². The maximum absolute atomic E-state index is 12.6. The number of aryl methyl sites for hydroxylation is 2. The molecule has 0 saturated heterocycles. The number of nitrogens with zero attached hydrogens (tertiary/aromatic N) is 2. The number of nitrogens with one attached hydrogen (secondary N) is 1. The summed E-state index contributed by atoms with van der Waals surface area (Å²) < 4.78 is 13.0. The Bertz CT molecular complexity index is 964. The third-order valence-electron chi connectivity index (χ3n) is 5.01. The van der Waals surface area contributed by atoms with Crippen LogP contribution in [0.1, 0.15) is 35.0 Å². The topological polar surface area (TPSA) is 65.4 Å². The number of aromatic nitrogens is 2. The highest BCUT2D eigenvalue weighted by Gasteiger charge is 2.21. The second kappa shape index (κ2) is 9.28. The molecule has 1 atom stereocenters. The van der Waals surface area contributed by atoms with Crippen LogP contribution in [0.15, 0.2) is 54.9 Å².